The van der Waals surface area contributed by atoms with Crippen molar-refractivity contribution in [1.29, 1.82) is 0 Å². The third kappa shape index (κ3) is 4.45. The van der Waals surface area contributed by atoms with Crippen molar-refractivity contribution in [3.05, 3.63) is 56.5 Å². The molecule has 7 nitrogen and oxygen atoms in total. The molecule has 0 bridgehead atoms. The molecule has 8 heteroatoms. The van der Waals surface area contributed by atoms with Crippen molar-refractivity contribution < 1.29 is 19.2 Å². The van der Waals surface area contributed by atoms with Gasteiger partial charge in [0.15, 0.2) is 6.10 Å². The molecule has 1 N–H and O–H groups in total. The number of ether oxygens (including phenoxy) is 1. The van der Waals surface area contributed by atoms with Crippen molar-refractivity contribution in [3.8, 4) is 0 Å². The summed E-state index contributed by atoms with van der Waals surface area (Å²) in [5, 5.41) is 13.4. The van der Waals surface area contributed by atoms with E-state index in [0.29, 0.717) is 17.0 Å². The Balaban J connectivity index is 2.08. The van der Waals surface area contributed by atoms with E-state index in [9.17, 15) is 19.7 Å². The molecule has 0 aliphatic heterocycles. The van der Waals surface area contributed by atoms with Crippen molar-refractivity contribution in [2.45, 2.75) is 39.7 Å². The number of carbonyl (C=O) groups is 2. The number of para-hydroxylation sites is 1. The Labute approximate surface area is 155 Å². The molecule has 1 heterocycles. The first kappa shape index (κ1) is 19.6. The van der Waals surface area contributed by atoms with Gasteiger partial charge in [-0.15, -0.1) is 0 Å². The lowest BCUT2D eigenvalue weighted by atomic mass is 9.98. The van der Waals surface area contributed by atoms with Crippen molar-refractivity contribution >= 4 is 33.9 Å². The van der Waals surface area contributed by atoms with E-state index in [2.05, 4.69) is 5.32 Å². The van der Waals surface area contributed by atoms with E-state index in [0.717, 1.165) is 11.1 Å². The zero-order valence-electron chi connectivity index (χ0n) is 14.9. The second kappa shape index (κ2) is 8.09. The number of anilines is 1. The van der Waals surface area contributed by atoms with Crippen LogP contribution >= 0.6 is 11.3 Å². The summed E-state index contributed by atoms with van der Waals surface area (Å²) in [6.45, 7) is 7.40. The van der Waals surface area contributed by atoms with E-state index >= 15 is 0 Å². The largest absolute Gasteiger partial charge is 0.448 e. The van der Waals surface area contributed by atoms with E-state index < -0.39 is 22.9 Å². The second-order valence-electron chi connectivity index (χ2n) is 6.13. The van der Waals surface area contributed by atoms with Crippen LogP contribution in [0.2, 0.25) is 0 Å². The fraction of sp³-hybridized carbons (Fsp3) is 0.333. The minimum Gasteiger partial charge on any atom is -0.448 e. The molecule has 1 aromatic heterocycles. The number of amides is 1. The number of nitro groups is 1. The molecule has 2 rings (SSSR count). The molecule has 0 unspecified atom stereocenters. The van der Waals surface area contributed by atoms with Crippen LogP contribution in [0.25, 0.3) is 0 Å². The van der Waals surface area contributed by atoms with Gasteiger partial charge >= 0.3 is 11.0 Å². The van der Waals surface area contributed by atoms with Gasteiger partial charge in [0.1, 0.15) is 4.88 Å². The summed E-state index contributed by atoms with van der Waals surface area (Å²) in [6.07, 6.45) is -1.04. The monoisotopic (exact) mass is 376 g/mol. The number of aryl methyl sites for hydroxylation is 1. The van der Waals surface area contributed by atoms with Gasteiger partial charge in [-0.05, 0) is 37.0 Å². The molecule has 0 spiro atoms. The Morgan fingerprint density at radius 1 is 1.19 bits per heavy atom. The Morgan fingerprint density at radius 2 is 1.88 bits per heavy atom. The number of thiophene rings is 1. The molecule has 1 atom stereocenters. The highest BCUT2D eigenvalue weighted by atomic mass is 32.1. The average Bonchev–Trinajstić information content (AvgIpc) is 3.06. The summed E-state index contributed by atoms with van der Waals surface area (Å²) in [7, 11) is 0. The van der Waals surface area contributed by atoms with Crippen molar-refractivity contribution in [1.82, 2.24) is 0 Å². The van der Waals surface area contributed by atoms with Gasteiger partial charge in [0.05, 0.1) is 4.92 Å². The van der Waals surface area contributed by atoms with E-state index in [1.165, 1.54) is 19.1 Å². The molecule has 1 aromatic carbocycles. The second-order valence-corrected chi connectivity index (χ2v) is 7.19. The molecule has 0 saturated heterocycles. The predicted molar refractivity (Wildman–Crippen MR) is 99.7 cm³/mol. The lowest BCUT2D eigenvalue weighted by Crippen LogP contribution is -2.30. The maximum Gasteiger partial charge on any atom is 0.349 e. The first-order valence-corrected chi connectivity index (χ1v) is 8.88. The summed E-state index contributed by atoms with van der Waals surface area (Å²) in [6, 6.07) is 8.30. The Hall–Kier alpha value is -2.74. The molecule has 26 heavy (non-hydrogen) atoms. The standard InChI is InChI=1S/C18H20N2O5S/c1-10(2)13-7-5-6-11(3)16(13)19-17(21)12(4)25-18(22)14-8-9-15(26-14)20(23)24/h5-10,12H,1-4H3,(H,19,21)/t12-/m1/s1. The minimum atomic E-state index is -1.04. The van der Waals surface area contributed by atoms with Crippen LogP contribution in [-0.4, -0.2) is 22.9 Å². The van der Waals surface area contributed by atoms with Crippen molar-refractivity contribution in [3.63, 3.8) is 0 Å². The van der Waals surface area contributed by atoms with Crippen LogP contribution in [0.15, 0.2) is 30.3 Å². The number of esters is 1. The highest BCUT2D eigenvalue weighted by Gasteiger charge is 2.23. The Bertz CT molecular complexity index is 844. The van der Waals surface area contributed by atoms with Crippen LogP contribution in [0.5, 0.6) is 0 Å². The van der Waals surface area contributed by atoms with Crippen LogP contribution in [0, 0.1) is 17.0 Å². The molecule has 138 valence electrons. The van der Waals surface area contributed by atoms with E-state index in [4.69, 9.17) is 4.74 Å². The topological polar surface area (TPSA) is 98.5 Å². The van der Waals surface area contributed by atoms with Crippen LogP contribution in [0.3, 0.4) is 0 Å². The SMILES string of the molecule is Cc1cccc(C(C)C)c1NC(=O)[C@@H](C)OC(=O)c1ccc([N+](=O)[O-])s1. The van der Waals surface area contributed by atoms with Crippen LogP contribution < -0.4 is 5.32 Å². The van der Waals surface area contributed by atoms with Gasteiger partial charge in [0, 0.05) is 11.8 Å². The number of nitrogens with one attached hydrogen (secondary N) is 1. The molecular weight excluding hydrogens is 356 g/mol. The number of rotatable bonds is 6. The quantitative estimate of drug-likeness (QED) is 0.461. The first-order valence-electron chi connectivity index (χ1n) is 8.06. The highest BCUT2D eigenvalue weighted by molar-refractivity contribution is 7.17. The van der Waals surface area contributed by atoms with E-state index in [-0.39, 0.29) is 15.8 Å². The van der Waals surface area contributed by atoms with Gasteiger partial charge in [-0.3, -0.25) is 14.9 Å². The summed E-state index contributed by atoms with van der Waals surface area (Å²) in [4.78, 5) is 34.7. The van der Waals surface area contributed by atoms with Gasteiger partial charge in [-0.2, -0.15) is 0 Å². The Kier molecular flexibility index (Phi) is 6.10. The van der Waals surface area contributed by atoms with Gasteiger partial charge in [0.25, 0.3) is 5.91 Å². The normalized spacial score (nSPS) is 11.9. The van der Waals surface area contributed by atoms with E-state index in [1.807, 2.05) is 39.0 Å². The number of carbonyl (C=O) groups excluding carboxylic acids is 2. The van der Waals surface area contributed by atoms with Gasteiger partial charge in [-0.1, -0.05) is 43.4 Å². The molecule has 1 amide bonds. The van der Waals surface area contributed by atoms with Crippen LogP contribution in [-0.2, 0) is 9.53 Å². The predicted octanol–water partition coefficient (Wildman–Crippen LogP) is 4.27. The zero-order valence-corrected chi connectivity index (χ0v) is 15.8. The van der Waals surface area contributed by atoms with Gasteiger partial charge < -0.3 is 10.1 Å². The summed E-state index contributed by atoms with van der Waals surface area (Å²) < 4.78 is 5.14. The molecule has 0 fully saturated rings. The molecular formula is C18H20N2O5S. The lowest BCUT2D eigenvalue weighted by Gasteiger charge is -2.18. The number of nitrogens with zero attached hydrogens (tertiary/aromatic N) is 1. The molecule has 0 saturated carbocycles. The summed E-state index contributed by atoms with van der Waals surface area (Å²) in [5.41, 5.74) is 2.62. The number of benzene rings is 1. The third-order valence-corrected chi connectivity index (χ3v) is 4.82. The summed E-state index contributed by atoms with van der Waals surface area (Å²) in [5.74, 6) is -1.00. The number of hydrogen-bond donors (Lipinski definition) is 1. The van der Waals surface area contributed by atoms with Gasteiger partial charge in [-0.25, -0.2) is 4.79 Å². The van der Waals surface area contributed by atoms with Crippen molar-refractivity contribution in [2.75, 3.05) is 5.32 Å². The molecule has 2 aromatic rings. The van der Waals surface area contributed by atoms with Gasteiger partial charge in [0.2, 0.25) is 0 Å². The van der Waals surface area contributed by atoms with Crippen LogP contribution in [0.1, 0.15) is 47.5 Å². The zero-order chi connectivity index (χ0) is 19.4. The lowest BCUT2D eigenvalue weighted by molar-refractivity contribution is -0.380. The first-order chi connectivity index (χ1) is 12.2. The maximum absolute atomic E-state index is 12.4. The Morgan fingerprint density at radius 3 is 2.46 bits per heavy atom. The molecule has 0 radical (unpaired) electrons. The smallest absolute Gasteiger partial charge is 0.349 e. The average molecular weight is 376 g/mol. The number of hydrogen-bond acceptors (Lipinski definition) is 6. The highest BCUT2D eigenvalue weighted by Crippen LogP contribution is 2.28. The van der Waals surface area contributed by atoms with E-state index in [1.54, 1.807) is 0 Å². The molecule has 0 aliphatic carbocycles. The summed E-state index contributed by atoms with van der Waals surface area (Å²) >= 11 is 0.710. The molecule has 0 aliphatic rings. The fourth-order valence-electron chi connectivity index (χ4n) is 2.37. The fourth-order valence-corrected chi connectivity index (χ4v) is 3.08. The third-order valence-electron chi connectivity index (χ3n) is 3.80. The van der Waals surface area contributed by atoms with Crippen molar-refractivity contribution in [2.24, 2.45) is 0 Å². The van der Waals surface area contributed by atoms with Crippen LogP contribution in [0.4, 0.5) is 10.7 Å². The maximum atomic E-state index is 12.4. The minimum absolute atomic E-state index is 0.0788.